The van der Waals surface area contributed by atoms with Gasteiger partial charge in [-0.3, -0.25) is 0 Å². The maximum atomic E-state index is 5.93. The van der Waals surface area contributed by atoms with Gasteiger partial charge < -0.3 is 9.47 Å². The van der Waals surface area contributed by atoms with E-state index in [4.69, 9.17) is 9.47 Å². The minimum absolute atomic E-state index is 0.251. The minimum Gasteiger partial charge on any atom is -0.490 e. The molecule has 0 amide bonds. The molecule has 2 aromatic rings. The second kappa shape index (κ2) is 6.37. The standard InChI is InChI=1S/C21H26O2/c1-13(2)22-12-17-7-6-8-18(11-17)21-14(3)9-20-19(16(21)5)10-15(4)23-20/h6-9,11,13,15H,10,12H2,1-5H3/t15-/m0/s1. The van der Waals surface area contributed by atoms with Crippen LogP contribution in [0.1, 0.15) is 43.0 Å². The van der Waals surface area contributed by atoms with Crippen molar-refractivity contribution >= 4 is 0 Å². The first-order valence-electron chi connectivity index (χ1n) is 8.46. The van der Waals surface area contributed by atoms with Gasteiger partial charge in [0.05, 0.1) is 12.7 Å². The highest BCUT2D eigenvalue weighted by Gasteiger charge is 2.24. The number of hydrogen-bond acceptors (Lipinski definition) is 2. The average molecular weight is 310 g/mol. The maximum absolute atomic E-state index is 5.93. The van der Waals surface area contributed by atoms with E-state index in [0.29, 0.717) is 6.61 Å². The van der Waals surface area contributed by atoms with E-state index < -0.39 is 0 Å². The van der Waals surface area contributed by atoms with E-state index in [1.54, 1.807) is 0 Å². The van der Waals surface area contributed by atoms with Crippen molar-refractivity contribution in [2.45, 2.75) is 59.9 Å². The van der Waals surface area contributed by atoms with E-state index in [0.717, 1.165) is 12.2 Å². The summed E-state index contributed by atoms with van der Waals surface area (Å²) in [4.78, 5) is 0. The van der Waals surface area contributed by atoms with Gasteiger partial charge in [0.25, 0.3) is 0 Å². The van der Waals surface area contributed by atoms with Crippen LogP contribution in [0.25, 0.3) is 11.1 Å². The number of rotatable bonds is 4. The Kier molecular flexibility index (Phi) is 4.45. The fraction of sp³-hybridized carbons (Fsp3) is 0.429. The zero-order chi connectivity index (χ0) is 16.6. The molecule has 2 heteroatoms. The Morgan fingerprint density at radius 2 is 2.00 bits per heavy atom. The van der Waals surface area contributed by atoms with Crippen LogP contribution in [0.4, 0.5) is 0 Å². The monoisotopic (exact) mass is 310 g/mol. The van der Waals surface area contributed by atoms with Crippen molar-refractivity contribution in [1.29, 1.82) is 0 Å². The average Bonchev–Trinajstić information content (AvgIpc) is 2.86. The van der Waals surface area contributed by atoms with Gasteiger partial charge in [-0.1, -0.05) is 18.2 Å². The number of ether oxygens (including phenoxy) is 2. The van der Waals surface area contributed by atoms with Crippen LogP contribution in [0.5, 0.6) is 5.75 Å². The van der Waals surface area contributed by atoms with Crippen molar-refractivity contribution in [2.24, 2.45) is 0 Å². The molecule has 1 heterocycles. The Morgan fingerprint density at radius 1 is 1.22 bits per heavy atom. The summed E-state index contributed by atoms with van der Waals surface area (Å²) in [5.74, 6) is 1.07. The molecule has 1 aliphatic rings. The van der Waals surface area contributed by atoms with E-state index in [2.05, 4.69) is 65.0 Å². The lowest BCUT2D eigenvalue weighted by molar-refractivity contribution is 0.0657. The van der Waals surface area contributed by atoms with E-state index >= 15 is 0 Å². The molecule has 122 valence electrons. The normalized spacial score (nSPS) is 16.5. The predicted octanol–water partition coefficient (Wildman–Crippen LogP) is 5.22. The molecule has 0 unspecified atom stereocenters. The van der Waals surface area contributed by atoms with Crippen molar-refractivity contribution in [1.82, 2.24) is 0 Å². The summed E-state index contributed by atoms with van der Waals surface area (Å²) in [6.07, 6.45) is 1.54. The molecule has 0 aliphatic carbocycles. The van der Waals surface area contributed by atoms with Gasteiger partial charge in [-0.2, -0.15) is 0 Å². The summed E-state index contributed by atoms with van der Waals surface area (Å²) in [5.41, 5.74) is 7.82. The number of fused-ring (bicyclic) bond motifs is 1. The van der Waals surface area contributed by atoms with E-state index in [1.807, 2.05) is 0 Å². The Balaban J connectivity index is 1.99. The van der Waals surface area contributed by atoms with Crippen LogP contribution >= 0.6 is 0 Å². The molecule has 1 aliphatic heterocycles. The van der Waals surface area contributed by atoms with Crippen LogP contribution in [0.15, 0.2) is 30.3 Å². The number of benzene rings is 2. The van der Waals surface area contributed by atoms with Crippen molar-refractivity contribution in [3.63, 3.8) is 0 Å². The van der Waals surface area contributed by atoms with Gasteiger partial charge in [-0.05, 0) is 74.6 Å². The van der Waals surface area contributed by atoms with Gasteiger partial charge >= 0.3 is 0 Å². The third kappa shape index (κ3) is 3.28. The zero-order valence-electron chi connectivity index (χ0n) is 14.8. The number of hydrogen-bond donors (Lipinski definition) is 0. The minimum atomic E-state index is 0.251. The Hall–Kier alpha value is -1.80. The summed E-state index contributed by atoms with van der Waals surface area (Å²) >= 11 is 0. The molecule has 0 aromatic heterocycles. The van der Waals surface area contributed by atoms with E-state index in [9.17, 15) is 0 Å². The van der Waals surface area contributed by atoms with Crippen LogP contribution in [0.2, 0.25) is 0 Å². The summed E-state index contributed by atoms with van der Waals surface area (Å²) in [5, 5.41) is 0. The number of aryl methyl sites for hydroxylation is 1. The van der Waals surface area contributed by atoms with E-state index in [1.165, 1.54) is 33.4 Å². The van der Waals surface area contributed by atoms with Crippen molar-refractivity contribution in [2.75, 3.05) is 0 Å². The molecular formula is C21H26O2. The molecule has 0 saturated heterocycles. The highest BCUT2D eigenvalue weighted by Crippen LogP contribution is 2.39. The van der Waals surface area contributed by atoms with Crippen LogP contribution < -0.4 is 4.74 Å². The smallest absolute Gasteiger partial charge is 0.123 e. The third-order valence-electron chi connectivity index (χ3n) is 4.49. The first-order chi connectivity index (χ1) is 11.0. The van der Waals surface area contributed by atoms with Crippen LogP contribution in [0, 0.1) is 13.8 Å². The Labute approximate surface area is 139 Å². The van der Waals surface area contributed by atoms with Gasteiger partial charge in [0.15, 0.2) is 0 Å². The first-order valence-corrected chi connectivity index (χ1v) is 8.46. The molecule has 0 radical (unpaired) electrons. The summed E-state index contributed by atoms with van der Waals surface area (Å²) in [6, 6.07) is 10.9. The molecule has 0 N–H and O–H groups in total. The summed E-state index contributed by atoms with van der Waals surface area (Å²) < 4.78 is 11.7. The lowest BCUT2D eigenvalue weighted by atomic mass is 9.90. The Bertz CT molecular complexity index is 716. The molecule has 2 aromatic carbocycles. The fourth-order valence-electron chi connectivity index (χ4n) is 3.42. The third-order valence-corrected chi connectivity index (χ3v) is 4.49. The molecule has 0 fully saturated rings. The predicted molar refractivity (Wildman–Crippen MR) is 95.1 cm³/mol. The van der Waals surface area contributed by atoms with Crippen LogP contribution in [-0.2, 0) is 17.8 Å². The molecule has 23 heavy (non-hydrogen) atoms. The first kappa shape index (κ1) is 16.1. The maximum Gasteiger partial charge on any atom is 0.123 e. The lowest BCUT2D eigenvalue weighted by Gasteiger charge is -2.15. The lowest BCUT2D eigenvalue weighted by Crippen LogP contribution is -2.05. The molecule has 0 bridgehead atoms. The van der Waals surface area contributed by atoms with Crippen LogP contribution in [-0.4, -0.2) is 12.2 Å². The molecule has 3 rings (SSSR count). The molecule has 1 atom stereocenters. The van der Waals surface area contributed by atoms with Crippen molar-refractivity contribution in [3.05, 3.63) is 52.6 Å². The largest absolute Gasteiger partial charge is 0.490 e. The fourth-order valence-corrected chi connectivity index (χ4v) is 3.42. The van der Waals surface area contributed by atoms with Crippen LogP contribution in [0.3, 0.4) is 0 Å². The van der Waals surface area contributed by atoms with Crippen molar-refractivity contribution in [3.8, 4) is 16.9 Å². The highest BCUT2D eigenvalue weighted by molar-refractivity contribution is 5.74. The molecular weight excluding hydrogens is 284 g/mol. The molecule has 2 nitrogen and oxygen atoms in total. The highest BCUT2D eigenvalue weighted by atomic mass is 16.5. The summed E-state index contributed by atoms with van der Waals surface area (Å²) in [6.45, 7) is 11.3. The molecule has 0 spiro atoms. The summed E-state index contributed by atoms with van der Waals surface area (Å²) in [7, 11) is 0. The van der Waals surface area contributed by atoms with Gasteiger partial charge in [-0.25, -0.2) is 0 Å². The van der Waals surface area contributed by atoms with Gasteiger partial charge in [-0.15, -0.1) is 0 Å². The van der Waals surface area contributed by atoms with Gasteiger partial charge in [0.2, 0.25) is 0 Å². The zero-order valence-corrected chi connectivity index (χ0v) is 14.8. The SMILES string of the molecule is Cc1cc2c(c(C)c1-c1cccc(COC(C)C)c1)C[C@H](C)O2. The van der Waals surface area contributed by atoms with Gasteiger partial charge in [0, 0.05) is 12.0 Å². The quantitative estimate of drug-likeness (QED) is 0.771. The topological polar surface area (TPSA) is 18.5 Å². The second-order valence-electron chi connectivity index (χ2n) is 6.86. The molecule has 0 saturated carbocycles. The Morgan fingerprint density at radius 3 is 2.74 bits per heavy atom. The van der Waals surface area contributed by atoms with Crippen molar-refractivity contribution < 1.29 is 9.47 Å². The second-order valence-corrected chi connectivity index (χ2v) is 6.86. The van der Waals surface area contributed by atoms with E-state index in [-0.39, 0.29) is 12.2 Å². The van der Waals surface area contributed by atoms with Gasteiger partial charge in [0.1, 0.15) is 11.9 Å².